The third-order valence-electron chi connectivity index (χ3n) is 5.20. The van der Waals surface area contributed by atoms with E-state index in [4.69, 9.17) is 9.72 Å². The van der Waals surface area contributed by atoms with E-state index in [1.54, 1.807) is 0 Å². The highest BCUT2D eigenvalue weighted by atomic mass is 16.5. The number of aryl methyl sites for hydroxylation is 2. The van der Waals surface area contributed by atoms with Crippen LogP contribution in [0.15, 0.2) is 61.2 Å². The number of hydrogen-bond donors (Lipinski definition) is 0. The molecule has 0 saturated heterocycles. The van der Waals surface area contributed by atoms with Gasteiger partial charge in [0.1, 0.15) is 12.4 Å². The van der Waals surface area contributed by atoms with E-state index in [0.29, 0.717) is 6.61 Å². The fraction of sp³-hybridized carbons (Fsp3) is 0.296. The van der Waals surface area contributed by atoms with Crippen LogP contribution in [0.2, 0.25) is 0 Å². The van der Waals surface area contributed by atoms with Crippen LogP contribution in [0.5, 0.6) is 5.75 Å². The molecular weight excluding hydrogens is 354 g/mol. The van der Waals surface area contributed by atoms with Gasteiger partial charge in [0.15, 0.2) is 0 Å². The molecule has 1 aromatic heterocycles. The first kappa shape index (κ1) is 20.9. The summed E-state index contributed by atoms with van der Waals surface area (Å²) >= 11 is 0. The molecule has 150 valence electrons. The van der Waals surface area contributed by atoms with Crippen molar-refractivity contribution >= 4 is 5.57 Å². The lowest BCUT2D eigenvalue weighted by atomic mass is 9.85. The van der Waals surface area contributed by atoms with Crippen LogP contribution in [0, 0.1) is 13.8 Å². The van der Waals surface area contributed by atoms with Gasteiger partial charge in [-0.2, -0.15) is 0 Å². The zero-order chi connectivity index (χ0) is 21.2. The summed E-state index contributed by atoms with van der Waals surface area (Å²) in [6.07, 6.45) is 0. The van der Waals surface area contributed by atoms with Gasteiger partial charge in [-0.05, 0) is 48.4 Å². The first-order chi connectivity index (χ1) is 13.7. The number of benzene rings is 2. The van der Waals surface area contributed by atoms with E-state index in [0.717, 1.165) is 39.4 Å². The summed E-state index contributed by atoms with van der Waals surface area (Å²) in [5.74, 6) is 0.836. The summed E-state index contributed by atoms with van der Waals surface area (Å²) in [4.78, 5) is 4.89. The molecule has 0 aliphatic rings. The molecule has 0 radical (unpaired) electrons. The van der Waals surface area contributed by atoms with E-state index in [2.05, 4.69) is 70.7 Å². The van der Waals surface area contributed by atoms with E-state index in [1.807, 2.05) is 32.0 Å². The quantitative estimate of drug-likeness (QED) is 0.460. The number of allylic oxidation sites excluding steroid dienone is 1. The second-order valence-electron chi connectivity index (χ2n) is 8.80. The van der Waals surface area contributed by atoms with Crippen molar-refractivity contribution in [2.24, 2.45) is 0 Å². The third kappa shape index (κ3) is 4.76. The van der Waals surface area contributed by atoms with Gasteiger partial charge >= 0.3 is 0 Å². The summed E-state index contributed by atoms with van der Waals surface area (Å²) in [6, 6.07) is 18.9. The highest BCUT2D eigenvalue weighted by Gasteiger charge is 2.17. The van der Waals surface area contributed by atoms with E-state index in [1.165, 1.54) is 11.1 Å². The minimum Gasteiger partial charge on any atom is -0.488 e. The lowest BCUT2D eigenvalue weighted by molar-refractivity contribution is 0.305. The summed E-state index contributed by atoms with van der Waals surface area (Å²) in [7, 11) is 0. The molecule has 0 saturated carbocycles. The van der Waals surface area contributed by atoms with Crippen molar-refractivity contribution < 1.29 is 4.74 Å². The van der Waals surface area contributed by atoms with Crippen LogP contribution in [0.3, 0.4) is 0 Å². The summed E-state index contributed by atoms with van der Waals surface area (Å²) < 4.78 is 6.24. The van der Waals surface area contributed by atoms with E-state index < -0.39 is 0 Å². The summed E-state index contributed by atoms with van der Waals surface area (Å²) in [6.45, 7) is 17.6. The Kier molecular flexibility index (Phi) is 5.93. The van der Waals surface area contributed by atoms with Crippen molar-refractivity contribution in [3.05, 3.63) is 89.1 Å². The molecule has 2 nitrogen and oxygen atoms in total. The smallest absolute Gasteiger partial charge is 0.131 e. The van der Waals surface area contributed by atoms with Crippen LogP contribution in [0.25, 0.3) is 16.8 Å². The molecule has 0 spiro atoms. The van der Waals surface area contributed by atoms with Gasteiger partial charge in [-0.25, -0.2) is 0 Å². The fourth-order valence-corrected chi connectivity index (χ4v) is 3.57. The Hall–Kier alpha value is -2.87. The van der Waals surface area contributed by atoms with Crippen LogP contribution >= 0.6 is 0 Å². The van der Waals surface area contributed by atoms with E-state index in [9.17, 15) is 0 Å². The predicted octanol–water partition coefficient (Wildman–Crippen LogP) is 7.28. The van der Waals surface area contributed by atoms with Gasteiger partial charge in [0.2, 0.25) is 0 Å². The number of rotatable bonds is 5. The van der Waals surface area contributed by atoms with Crippen LogP contribution in [0.4, 0.5) is 0 Å². The topological polar surface area (TPSA) is 22.1 Å². The second kappa shape index (κ2) is 8.24. The Morgan fingerprint density at radius 1 is 1.00 bits per heavy atom. The maximum absolute atomic E-state index is 6.24. The minimum atomic E-state index is 0.125. The monoisotopic (exact) mass is 385 g/mol. The Morgan fingerprint density at radius 3 is 2.28 bits per heavy atom. The maximum Gasteiger partial charge on any atom is 0.131 e. The van der Waals surface area contributed by atoms with Crippen molar-refractivity contribution in [3.63, 3.8) is 0 Å². The normalized spacial score (nSPS) is 11.4. The van der Waals surface area contributed by atoms with Crippen molar-refractivity contribution in [3.8, 4) is 17.0 Å². The molecule has 3 rings (SSSR count). The minimum absolute atomic E-state index is 0.125. The highest BCUT2D eigenvalue weighted by Crippen LogP contribution is 2.35. The maximum atomic E-state index is 6.24. The lowest BCUT2D eigenvalue weighted by Crippen LogP contribution is -2.11. The molecule has 0 atom stereocenters. The Labute approximate surface area is 175 Å². The molecule has 0 aliphatic heterocycles. The standard InChI is InChI=1S/C27H31NO/c1-18(2)26-20(4)28-24(16-25(26)29-17-21-11-9-8-10-12-21)23-14-13-22(15-19(23)3)27(5,6)7/h8-16H,1,17H2,2-7H3. The van der Waals surface area contributed by atoms with Crippen molar-refractivity contribution in [2.75, 3.05) is 0 Å². The zero-order valence-corrected chi connectivity index (χ0v) is 18.5. The average molecular weight is 386 g/mol. The molecule has 2 aromatic carbocycles. The molecule has 2 heteroatoms. The first-order valence-electron chi connectivity index (χ1n) is 10.1. The number of ether oxygens (including phenoxy) is 1. The lowest BCUT2D eigenvalue weighted by Gasteiger charge is -2.21. The fourth-order valence-electron chi connectivity index (χ4n) is 3.57. The van der Waals surface area contributed by atoms with E-state index >= 15 is 0 Å². The summed E-state index contributed by atoms with van der Waals surface area (Å²) in [5.41, 5.74) is 8.79. The Balaban J connectivity index is 2.02. The molecule has 0 bridgehead atoms. The number of aromatic nitrogens is 1. The van der Waals surface area contributed by atoms with Gasteiger partial charge < -0.3 is 4.74 Å². The van der Waals surface area contributed by atoms with E-state index in [-0.39, 0.29) is 5.41 Å². The first-order valence-corrected chi connectivity index (χ1v) is 10.1. The molecule has 29 heavy (non-hydrogen) atoms. The van der Waals surface area contributed by atoms with Gasteiger partial charge in [0.25, 0.3) is 0 Å². The largest absolute Gasteiger partial charge is 0.488 e. The molecule has 0 fully saturated rings. The second-order valence-corrected chi connectivity index (χ2v) is 8.80. The molecule has 0 N–H and O–H groups in total. The average Bonchev–Trinajstić information content (AvgIpc) is 2.65. The van der Waals surface area contributed by atoms with Crippen molar-refractivity contribution in [1.82, 2.24) is 4.98 Å². The van der Waals surface area contributed by atoms with Gasteiger partial charge in [-0.3, -0.25) is 4.98 Å². The molecule has 0 amide bonds. The molecule has 3 aromatic rings. The number of pyridine rings is 1. The van der Waals surface area contributed by atoms with Gasteiger partial charge in [0, 0.05) is 22.9 Å². The molecule has 1 heterocycles. The van der Waals surface area contributed by atoms with Crippen LogP contribution in [-0.4, -0.2) is 4.98 Å². The summed E-state index contributed by atoms with van der Waals surface area (Å²) in [5, 5.41) is 0. The third-order valence-corrected chi connectivity index (χ3v) is 5.20. The molecular formula is C27H31NO. The Morgan fingerprint density at radius 2 is 1.69 bits per heavy atom. The van der Waals surface area contributed by atoms with Crippen molar-refractivity contribution in [2.45, 2.75) is 53.6 Å². The van der Waals surface area contributed by atoms with Gasteiger partial charge in [-0.15, -0.1) is 0 Å². The van der Waals surface area contributed by atoms with Crippen molar-refractivity contribution in [1.29, 1.82) is 0 Å². The molecule has 0 unspecified atom stereocenters. The Bertz CT molecular complexity index is 1030. The van der Waals surface area contributed by atoms with Crippen LogP contribution < -0.4 is 4.74 Å². The highest BCUT2D eigenvalue weighted by molar-refractivity contribution is 5.74. The SMILES string of the molecule is C=C(C)c1c(OCc2ccccc2)cc(-c2ccc(C(C)(C)C)cc2C)nc1C. The zero-order valence-electron chi connectivity index (χ0n) is 18.5. The van der Waals surface area contributed by atoms with Crippen LogP contribution in [-0.2, 0) is 12.0 Å². The predicted molar refractivity (Wildman–Crippen MR) is 123 cm³/mol. The van der Waals surface area contributed by atoms with Gasteiger partial charge in [-0.1, -0.05) is 75.9 Å². The number of nitrogens with zero attached hydrogens (tertiary/aromatic N) is 1. The van der Waals surface area contributed by atoms with Crippen LogP contribution in [0.1, 0.15) is 55.6 Å². The van der Waals surface area contributed by atoms with Gasteiger partial charge in [0.05, 0.1) is 5.69 Å². The molecule has 0 aliphatic carbocycles. The number of hydrogen-bond acceptors (Lipinski definition) is 2.